The number of ether oxygens (including phenoxy) is 1. The largest absolute Gasteiger partial charge is 1.00 e. The van der Waals surface area contributed by atoms with E-state index in [0.29, 0.717) is 0 Å². The zero-order chi connectivity index (χ0) is 13.4. The van der Waals surface area contributed by atoms with Gasteiger partial charge in [-0.2, -0.15) is 0 Å². The average Bonchev–Trinajstić information content (AvgIpc) is 2.35. The highest BCUT2D eigenvalue weighted by Crippen LogP contribution is 2.01. The lowest BCUT2D eigenvalue weighted by molar-refractivity contribution is -0.664. The molecule has 0 bridgehead atoms. The SMILES string of the molecule is C[NH2+][C@@H](COC(=O)NC(N)=O)Cc1ccccc1.[Cl-]. The van der Waals surface area contributed by atoms with Crippen LogP contribution in [-0.4, -0.2) is 31.8 Å². The molecule has 0 aromatic heterocycles. The van der Waals surface area contributed by atoms with Crippen molar-refractivity contribution in [3.63, 3.8) is 0 Å². The van der Waals surface area contributed by atoms with Gasteiger partial charge in [-0.1, -0.05) is 30.3 Å². The molecular formula is C12H18ClN3O3. The van der Waals surface area contributed by atoms with Gasteiger partial charge >= 0.3 is 12.1 Å². The third-order valence-corrected chi connectivity index (χ3v) is 2.47. The van der Waals surface area contributed by atoms with Crippen LogP contribution in [0, 0.1) is 0 Å². The predicted molar refractivity (Wildman–Crippen MR) is 65.9 cm³/mol. The summed E-state index contributed by atoms with van der Waals surface area (Å²) in [4.78, 5) is 21.5. The Labute approximate surface area is 118 Å². The number of benzene rings is 1. The first kappa shape index (κ1) is 17.2. The van der Waals surface area contributed by atoms with Crippen molar-refractivity contribution in [3.05, 3.63) is 35.9 Å². The number of nitrogens with two attached hydrogens (primary N) is 2. The number of hydrogen-bond acceptors (Lipinski definition) is 3. The minimum atomic E-state index is -0.917. The van der Waals surface area contributed by atoms with E-state index in [2.05, 4.69) is 0 Å². The second-order valence-electron chi connectivity index (χ2n) is 3.87. The number of rotatable bonds is 5. The maximum atomic E-state index is 11.1. The van der Waals surface area contributed by atoms with Crippen molar-refractivity contribution in [1.29, 1.82) is 0 Å². The highest BCUT2D eigenvalue weighted by atomic mass is 35.5. The Morgan fingerprint density at radius 2 is 2.00 bits per heavy atom. The van der Waals surface area contributed by atoms with E-state index in [1.807, 2.05) is 48.0 Å². The van der Waals surface area contributed by atoms with E-state index in [0.717, 1.165) is 6.42 Å². The molecule has 0 aliphatic carbocycles. The number of carbonyl (C=O) groups excluding carboxylic acids is 2. The van der Waals surface area contributed by atoms with Gasteiger partial charge in [0.1, 0.15) is 12.6 Å². The summed E-state index contributed by atoms with van der Waals surface area (Å²) in [6.07, 6.45) is -0.0383. The Kier molecular flexibility index (Phi) is 8.32. The van der Waals surface area contributed by atoms with Crippen molar-refractivity contribution in [2.24, 2.45) is 5.73 Å². The number of primary amides is 1. The number of halogens is 1. The van der Waals surface area contributed by atoms with E-state index in [1.54, 1.807) is 0 Å². The number of hydrogen-bond donors (Lipinski definition) is 3. The standard InChI is InChI=1S/C12H17N3O3.ClH/c1-14-10(7-9-5-3-2-4-6-9)8-18-12(17)15-11(13)16;/h2-6,10,14H,7-8H2,1H3,(H3,13,15,16,17);1H/t10-;/m1./s1. The fourth-order valence-electron chi connectivity index (χ4n) is 1.51. The number of urea groups is 1. The van der Waals surface area contributed by atoms with Crippen LogP contribution in [0.3, 0.4) is 0 Å². The maximum Gasteiger partial charge on any atom is 0.415 e. The Morgan fingerprint density at radius 1 is 1.37 bits per heavy atom. The first-order valence-electron chi connectivity index (χ1n) is 5.68. The molecule has 1 rings (SSSR count). The van der Waals surface area contributed by atoms with Gasteiger partial charge in [-0.05, 0) is 5.56 Å². The summed E-state index contributed by atoms with van der Waals surface area (Å²) in [7, 11) is 1.91. The van der Waals surface area contributed by atoms with E-state index in [4.69, 9.17) is 10.5 Å². The molecule has 1 aromatic rings. The predicted octanol–water partition coefficient (Wildman–Crippen LogP) is -3.40. The molecule has 0 spiro atoms. The van der Waals surface area contributed by atoms with Crippen molar-refractivity contribution in [2.75, 3.05) is 13.7 Å². The number of nitrogens with one attached hydrogen (secondary N) is 1. The zero-order valence-corrected chi connectivity index (χ0v) is 11.4. The van der Waals surface area contributed by atoms with Crippen LogP contribution in [0.2, 0.25) is 0 Å². The van der Waals surface area contributed by atoms with Crippen LogP contribution >= 0.6 is 0 Å². The van der Waals surface area contributed by atoms with Crippen molar-refractivity contribution in [3.8, 4) is 0 Å². The Bertz CT molecular complexity index is 400. The lowest BCUT2D eigenvalue weighted by Crippen LogP contribution is -3.00. The fraction of sp³-hybridized carbons (Fsp3) is 0.333. The molecule has 5 N–H and O–H groups in total. The van der Waals surface area contributed by atoms with E-state index >= 15 is 0 Å². The fourth-order valence-corrected chi connectivity index (χ4v) is 1.51. The van der Waals surface area contributed by atoms with E-state index in [9.17, 15) is 9.59 Å². The monoisotopic (exact) mass is 287 g/mol. The summed E-state index contributed by atoms with van der Waals surface area (Å²) in [5.74, 6) is 0. The summed E-state index contributed by atoms with van der Waals surface area (Å²) in [6.45, 7) is 0.213. The first-order chi connectivity index (χ1) is 8.61. The van der Waals surface area contributed by atoms with Gasteiger partial charge < -0.3 is 28.2 Å². The molecule has 0 heterocycles. The first-order valence-corrected chi connectivity index (χ1v) is 5.68. The molecule has 7 heteroatoms. The third-order valence-electron chi connectivity index (χ3n) is 2.47. The zero-order valence-electron chi connectivity index (χ0n) is 10.6. The third kappa shape index (κ3) is 7.28. The van der Waals surface area contributed by atoms with Crippen molar-refractivity contribution in [1.82, 2.24) is 5.32 Å². The summed E-state index contributed by atoms with van der Waals surface area (Å²) in [6, 6.07) is 9.09. The molecule has 106 valence electrons. The molecule has 6 nitrogen and oxygen atoms in total. The highest BCUT2D eigenvalue weighted by Gasteiger charge is 2.14. The number of amides is 3. The molecule has 0 radical (unpaired) electrons. The van der Waals surface area contributed by atoms with E-state index in [1.165, 1.54) is 5.56 Å². The Morgan fingerprint density at radius 3 is 2.53 bits per heavy atom. The van der Waals surface area contributed by atoms with Gasteiger partial charge in [0.05, 0.1) is 7.05 Å². The topological polar surface area (TPSA) is 98.0 Å². The number of carbonyl (C=O) groups is 2. The summed E-state index contributed by atoms with van der Waals surface area (Å²) in [5.41, 5.74) is 5.96. The summed E-state index contributed by atoms with van der Waals surface area (Å²) < 4.78 is 4.90. The average molecular weight is 288 g/mol. The molecular weight excluding hydrogens is 270 g/mol. The van der Waals surface area contributed by atoms with Gasteiger partial charge in [-0.15, -0.1) is 0 Å². The molecule has 0 aliphatic heterocycles. The van der Waals surface area contributed by atoms with Gasteiger partial charge in [0.25, 0.3) is 0 Å². The van der Waals surface area contributed by atoms with Crippen LogP contribution in [0.5, 0.6) is 0 Å². The molecule has 0 saturated carbocycles. The smallest absolute Gasteiger partial charge is 0.415 e. The molecule has 0 unspecified atom stereocenters. The Hall–Kier alpha value is -1.79. The van der Waals surface area contributed by atoms with E-state index < -0.39 is 12.1 Å². The van der Waals surface area contributed by atoms with Gasteiger partial charge in [-0.25, -0.2) is 14.9 Å². The van der Waals surface area contributed by atoms with Gasteiger partial charge in [0, 0.05) is 6.42 Å². The van der Waals surface area contributed by atoms with Gasteiger partial charge in [0.2, 0.25) is 0 Å². The lowest BCUT2D eigenvalue weighted by Gasteiger charge is -2.13. The van der Waals surface area contributed by atoms with Crippen molar-refractivity contribution in [2.45, 2.75) is 12.5 Å². The minimum absolute atomic E-state index is 0. The molecule has 0 saturated heterocycles. The maximum absolute atomic E-state index is 11.1. The summed E-state index contributed by atoms with van der Waals surface area (Å²) >= 11 is 0. The number of likely N-dealkylation sites (N-methyl/N-ethyl adjacent to an activating group) is 1. The molecule has 0 fully saturated rings. The quantitative estimate of drug-likeness (QED) is 0.526. The van der Waals surface area contributed by atoms with Gasteiger partial charge in [-0.3, -0.25) is 0 Å². The molecule has 3 amide bonds. The van der Waals surface area contributed by atoms with Crippen LogP contribution < -0.4 is 28.8 Å². The van der Waals surface area contributed by atoms with Crippen LogP contribution in [0.15, 0.2) is 30.3 Å². The molecule has 19 heavy (non-hydrogen) atoms. The number of quaternary nitrogens is 1. The second kappa shape index (κ2) is 9.18. The minimum Gasteiger partial charge on any atom is -1.00 e. The lowest BCUT2D eigenvalue weighted by atomic mass is 10.1. The van der Waals surface area contributed by atoms with Crippen molar-refractivity contribution >= 4 is 12.1 Å². The van der Waals surface area contributed by atoms with Crippen LogP contribution in [-0.2, 0) is 11.2 Å². The van der Waals surface area contributed by atoms with Crippen LogP contribution in [0.4, 0.5) is 9.59 Å². The van der Waals surface area contributed by atoms with E-state index in [-0.39, 0.29) is 25.1 Å². The number of alkyl carbamates (subject to hydrolysis) is 1. The molecule has 0 aliphatic rings. The Balaban J connectivity index is 0.00000324. The second-order valence-corrected chi connectivity index (χ2v) is 3.87. The van der Waals surface area contributed by atoms with Crippen molar-refractivity contribution < 1.29 is 32.0 Å². The van der Waals surface area contributed by atoms with Crippen LogP contribution in [0.1, 0.15) is 5.56 Å². The highest BCUT2D eigenvalue weighted by molar-refractivity contribution is 5.89. The van der Waals surface area contributed by atoms with Gasteiger partial charge in [0.15, 0.2) is 0 Å². The number of imide groups is 1. The molecule has 1 aromatic carbocycles. The van der Waals surface area contributed by atoms with Crippen LogP contribution in [0.25, 0.3) is 0 Å². The normalized spacial score (nSPS) is 11.0. The summed E-state index contributed by atoms with van der Waals surface area (Å²) in [5, 5.41) is 3.81. The molecule has 1 atom stereocenters.